The molecule has 7 heteroatoms. The first-order valence-electron chi connectivity index (χ1n) is 7.07. The van der Waals surface area contributed by atoms with E-state index >= 15 is 0 Å². The van der Waals surface area contributed by atoms with E-state index in [0.717, 1.165) is 32.3 Å². The maximum Gasteiger partial charge on any atom is 0.322 e. The zero-order chi connectivity index (χ0) is 16.0. The number of H-pyrrole nitrogens is 1. The van der Waals surface area contributed by atoms with Gasteiger partial charge >= 0.3 is 6.03 Å². The topological polar surface area (TPSA) is 61.0 Å². The van der Waals surface area contributed by atoms with Crippen molar-refractivity contribution in [2.45, 2.75) is 13.1 Å². The minimum Gasteiger partial charge on any atom is -0.316 e. The van der Waals surface area contributed by atoms with Gasteiger partial charge in [0.2, 0.25) is 0 Å². The molecular weight excluding hydrogens is 380 g/mol. The Morgan fingerprint density at radius 2 is 2.17 bits per heavy atom. The minimum absolute atomic E-state index is 0.119. The van der Waals surface area contributed by atoms with Crippen LogP contribution >= 0.6 is 27.5 Å². The van der Waals surface area contributed by atoms with Crippen molar-refractivity contribution in [1.29, 1.82) is 0 Å². The Hall–Kier alpha value is -2.05. The first-order valence-corrected chi connectivity index (χ1v) is 8.24. The van der Waals surface area contributed by atoms with Gasteiger partial charge in [-0.3, -0.25) is 5.10 Å². The average molecular weight is 392 g/mol. The van der Waals surface area contributed by atoms with Crippen LogP contribution in [-0.4, -0.2) is 21.1 Å². The molecule has 2 amide bonds. The average Bonchev–Trinajstić information content (AvgIpc) is 2.87. The monoisotopic (exact) mass is 390 g/mol. The maximum absolute atomic E-state index is 12.3. The predicted octanol–water partition coefficient (Wildman–Crippen LogP) is 4.53. The van der Waals surface area contributed by atoms with Gasteiger partial charge in [-0.2, -0.15) is 5.10 Å². The van der Waals surface area contributed by atoms with E-state index in [1.54, 1.807) is 4.90 Å². The van der Waals surface area contributed by atoms with Crippen LogP contribution in [0.15, 0.2) is 41.0 Å². The second-order valence-corrected chi connectivity index (χ2v) is 6.71. The number of fused-ring (bicyclic) bond motifs is 2. The Labute approximate surface area is 145 Å². The molecule has 0 saturated heterocycles. The zero-order valence-corrected chi connectivity index (χ0v) is 14.3. The highest BCUT2D eigenvalue weighted by Gasteiger charge is 2.24. The fraction of sp³-hybridized carbons (Fsp3) is 0.125. The fourth-order valence-corrected chi connectivity index (χ4v) is 3.39. The molecule has 4 rings (SSSR count). The summed E-state index contributed by atoms with van der Waals surface area (Å²) in [5.41, 5.74) is 3.69. The number of anilines is 1. The molecule has 2 N–H and O–H groups in total. The van der Waals surface area contributed by atoms with Gasteiger partial charge < -0.3 is 10.2 Å². The number of aromatic nitrogens is 2. The normalized spacial score (nSPS) is 14.0. The third kappa shape index (κ3) is 2.68. The van der Waals surface area contributed by atoms with Crippen molar-refractivity contribution in [2.24, 2.45) is 0 Å². The van der Waals surface area contributed by atoms with Gasteiger partial charge in [-0.05, 0) is 51.3 Å². The Bertz CT molecular complexity index is 924. The second kappa shape index (κ2) is 5.54. The van der Waals surface area contributed by atoms with E-state index < -0.39 is 0 Å². The number of nitrogens with zero attached hydrogens (tertiary/aromatic N) is 2. The molecule has 0 atom stereocenters. The molecule has 1 aliphatic rings. The largest absolute Gasteiger partial charge is 0.322 e. The number of carbonyl (C=O) groups excluding carboxylic acids is 1. The Balaban J connectivity index is 1.66. The molecule has 0 fully saturated rings. The van der Waals surface area contributed by atoms with Crippen LogP contribution in [0.2, 0.25) is 5.02 Å². The van der Waals surface area contributed by atoms with Gasteiger partial charge in [-0.1, -0.05) is 23.7 Å². The first-order chi connectivity index (χ1) is 11.1. The van der Waals surface area contributed by atoms with E-state index in [0.29, 0.717) is 18.1 Å². The minimum atomic E-state index is -0.119. The maximum atomic E-state index is 12.3. The van der Waals surface area contributed by atoms with Crippen molar-refractivity contribution in [3.05, 3.63) is 57.2 Å². The van der Waals surface area contributed by atoms with Crippen LogP contribution in [0.5, 0.6) is 0 Å². The molecule has 0 radical (unpaired) electrons. The lowest BCUT2D eigenvalue weighted by Crippen LogP contribution is -2.38. The molecule has 0 aliphatic carbocycles. The van der Waals surface area contributed by atoms with E-state index in [1.807, 2.05) is 36.4 Å². The summed E-state index contributed by atoms with van der Waals surface area (Å²) < 4.78 is 0.841. The number of halogens is 2. The van der Waals surface area contributed by atoms with Crippen LogP contribution in [-0.2, 0) is 13.1 Å². The highest BCUT2D eigenvalue weighted by Crippen LogP contribution is 2.31. The number of hydrogen-bond acceptors (Lipinski definition) is 2. The molecule has 116 valence electrons. The number of aromatic amines is 1. The first kappa shape index (κ1) is 14.5. The van der Waals surface area contributed by atoms with E-state index in [4.69, 9.17) is 11.6 Å². The number of urea groups is 1. The molecular formula is C16H12BrClN4O. The van der Waals surface area contributed by atoms with Crippen molar-refractivity contribution in [1.82, 2.24) is 15.1 Å². The highest BCUT2D eigenvalue weighted by atomic mass is 79.9. The van der Waals surface area contributed by atoms with Gasteiger partial charge in [0.05, 0.1) is 5.52 Å². The van der Waals surface area contributed by atoms with Crippen molar-refractivity contribution in [2.75, 3.05) is 5.32 Å². The summed E-state index contributed by atoms with van der Waals surface area (Å²) in [5.74, 6) is 0. The Morgan fingerprint density at radius 3 is 3.00 bits per heavy atom. The van der Waals surface area contributed by atoms with E-state index in [1.165, 1.54) is 0 Å². The summed E-state index contributed by atoms with van der Waals surface area (Å²) in [4.78, 5) is 14.1. The second-order valence-electron chi connectivity index (χ2n) is 5.48. The molecule has 0 unspecified atom stereocenters. The summed E-state index contributed by atoms with van der Waals surface area (Å²) in [6, 6.07) is 11.4. The summed E-state index contributed by atoms with van der Waals surface area (Å²) in [6.07, 6.45) is 0. The van der Waals surface area contributed by atoms with Gasteiger partial charge in [0.1, 0.15) is 4.60 Å². The van der Waals surface area contributed by atoms with Crippen molar-refractivity contribution >= 4 is 50.2 Å². The third-order valence-electron chi connectivity index (χ3n) is 3.88. The molecule has 5 nitrogen and oxygen atoms in total. The molecule has 1 aliphatic heterocycles. The lowest BCUT2D eigenvalue weighted by molar-refractivity contribution is 0.204. The predicted molar refractivity (Wildman–Crippen MR) is 93.5 cm³/mol. The molecule has 2 heterocycles. The fourth-order valence-electron chi connectivity index (χ4n) is 2.77. The molecule has 0 bridgehead atoms. The van der Waals surface area contributed by atoms with Gasteiger partial charge in [-0.15, -0.1) is 0 Å². The van der Waals surface area contributed by atoms with Gasteiger partial charge in [0.15, 0.2) is 0 Å². The molecule has 2 aromatic carbocycles. The number of amides is 2. The van der Waals surface area contributed by atoms with Crippen molar-refractivity contribution in [3.63, 3.8) is 0 Å². The number of rotatable bonds is 2. The number of hydrogen-bond donors (Lipinski definition) is 2. The lowest BCUT2D eigenvalue weighted by atomic mass is 10.1. The summed E-state index contributed by atoms with van der Waals surface area (Å²) >= 11 is 9.47. The van der Waals surface area contributed by atoms with Crippen LogP contribution in [0.3, 0.4) is 0 Å². The standard InChI is InChI=1S/C16H12BrClN4O/c17-15-12-5-10-8-22(7-9-2-1-3-11(18)4-9)16(23)19-13(10)6-14(12)20-21-15/h1-6H,7-8H2,(H,19,23)(H,20,21). The smallest absolute Gasteiger partial charge is 0.316 e. The van der Waals surface area contributed by atoms with Gasteiger partial charge in [0.25, 0.3) is 0 Å². The third-order valence-corrected chi connectivity index (χ3v) is 4.72. The molecule has 3 aromatic rings. The molecule has 0 spiro atoms. The van der Waals surface area contributed by atoms with Crippen molar-refractivity contribution < 1.29 is 4.79 Å². The van der Waals surface area contributed by atoms with E-state index in [-0.39, 0.29) is 6.03 Å². The zero-order valence-electron chi connectivity index (χ0n) is 11.9. The molecule has 23 heavy (non-hydrogen) atoms. The molecule has 0 saturated carbocycles. The van der Waals surface area contributed by atoms with Gasteiger partial charge in [0, 0.05) is 29.2 Å². The number of benzene rings is 2. The summed E-state index contributed by atoms with van der Waals surface area (Å²) in [5, 5.41) is 11.7. The van der Waals surface area contributed by atoms with Crippen molar-refractivity contribution in [3.8, 4) is 0 Å². The van der Waals surface area contributed by atoms with Crippen LogP contribution in [0, 0.1) is 0 Å². The van der Waals surface area contributed by atoms with E-state index in [9.17, 15) is 4.79 Å². The quantitative estimate of drug-likeness (QED) is 0.674. The van der Waals surface area contributed by atoms with Crippen LogP contribution in [0.25, 0.3) is 10.9 Å². The highest BCUT2D eigenvalue weighted by molar-refractivity contribution is 9.10. The number of carbonyl (C=O) groups is 1. The SMILES string of the molecule is O=C1Nc2cc3n[nH]c(Br)c3cc2CN1Cc1cccc(Cl)c1. The Kier molecular flexibility index (Phi) is 3.50. The lowest BCUT2D eigenvalue weighted by Gasteiger charge is -2.29. The van der Waals surface area contributed by atoms with E-state index in [2.05, 4.69) is 31.4 Å². The van der Waals surface area contributed by atoms with Crippen LogP contribution in [0.4, 0.5) is 10.5 Å². The van der Waals surface area contributed by atoms with Crippen LogP contribution < -0.4 is 5.32 Å². The summed E-state index contributed by atoms with van der Waals surface area (Å²) in [7, 11) is 0. The molecule has 1 aromatic heterocycles. The Morgan fingerprint density at radius 1 is 1.30 bits per heavy atom. The van der Waals surface area contributed by atoms with Crippen LogP contribution in [0.1, 0.15) is 11.1 Å². The number of nitrogens with one attached hydrogen (secondary N) is 2. The summed E-state index contributed by atoms with van der Waals surface area (Å²) in [6.45, 7) is 1.05. The van der Waals surface area contributed by atoms with Gasteiger partial charge in [-0.25, -0.2) is 4.79 Å².